The molecule has 0 radical (unpaired) electrons. The summed E-state index contributed by atoms with van der Waals surface area (Å²) in [7, 11) is 0. The summed E-state index contributed by atoms with van der Waals surface area (Å²) in [6.45, 7) is 6.11. The van der Waals surface area contributed by atoms with Crippen LogP contribution in [0.15, 0.2) is 170 Å². The second kappa shape index (κ2) is 12.2. The van der Waals surface area contributed by atoms with Crippen LogP contribution < -0.4 is 0 Å². The smallest absolute Gasteiger partial charge is 0.169 e. The topological polar surface area (TPSA) is 30.2 Å². The van der Waals surface area contributed by atoms with Crippen molar-refractivity contribution in [1.82, 2.24) is 14.6 Å². The van der Waals surface area contributed by atoms with E-state index in [2.05, 4.69) is 181 Å². The van der Waals surface area contributed by atoms with Crippen molar-refractivity contribution in [3.8, 4) is 33.6 Å². The van der Waals surface area contributed by atoms with Crippen molar-refractivity contribution in [1.29, 1.82) is 0 Å². The van der Waals surface area contributed by atoms with Crippen LogP contribution in [0.2, 0.25) is 0 Å². The molecular weight excluding hydrogens is 619 g/mol. The minimum Gasteiger partial charge on any atom is -0.274 e. The Labute approximate surface area is 298 Å². The van der Waals surface area contributed by atoms with Gasteiger partial charge in [-0.2, -0.15) is 0 Å². The SMILES string of the molecule is CC.Cc1ccc(-c2nnc3c4ccccc4c4cc(-c5ccc6c(c5)C(c5ccccc5)(c5ccccc5)c5ccccc5-6)ccc4n23)cc1. The van der Waals surface area contributed by atoms with Gasteiger partial charge in [0.05, 0.1) is 10.9 Å². The van der Waals surface area contributed by atoms with Gasteiger partial charge in [0.1, 0.15) is 0 Å². The highest BCUT2D eigenvalue weighted by molar-refractivity contribution is 6.13. The summed E-state index contributed by atoms with van der Waals surface area (Å²) in [5, 5.41) is 12.9. The lowest BCUT2D eigenvalue weighted by atomic mass is 9.67. The van der Waals surface area contributed by atoms with Crippen LogP contribution in [-0.4, -0.2) is 14.6 Å². The molecule has 0 unspecified atom stereocenters. The Balaban J connectivity index is 0.00000171. The van der Waals surface area contributed by atoms with Gasteiger partial charge in [-0.05, 0) is 75.0 Å². The first kappa shape index (κ1) is 30.7. The number of pyridine rings is 1. The van der Waals surface area contributed by atoms with Crippen LogP contribution in [0.4, 0.5) is 0 Å². The fourth-order valence-corrected chi connectivity index (χ4v) is 8.24. The van der Waals surface area contributed by atoms with E-state index in [1.165, 1.54) is 60.8 Å². The monoisotopic (exact) mass is 655 g/mol. The first-order chi connectivity index (χ1) is 25.2. The largest absolute Gasteiger partial charge is 0.274 e. The van der Waals surface area contributed by atoms with Gasteiger partial charge in [-0.25, -0.2) is 0 Å². The third kappa shape index (κ3) is 4.58. The second-order valence-electron chi connectivity index (χ2n) is 13.1. The van der Waals surface area contributed by atoms with Crippen molar-refractivity contribution >= 4 is 27.3 Å². The van der Waals surface area contributed by atoms with E-state index in [0.717, 1.165) is 27.9 Å². The molecule has 0 fully saturated rings. The number of hydrogen-bond acceptors (Lipinski definition) is 2. The Morgan fingerprint density at radius 1 is 0.451 bits per heavy atom. The number of hydrogen-bond donors (Lipinski definition) is 0. The summed E-state index contributed by atoms with van der Waals surface area (Å²) in [4.78, 5) is 0. The Morgan fingerprint density at radius 2 is 1.02 bits per heavy atom. The molecule has 1 aliphatic rings. The molecule has 2 heterocycles. The molecule has 3 nitrogen and oxygen atoms in total. The van der Waals surface area contributed by atoms with Crippen molar-refractivity contribution in [3.63, 3.8) is 0 Å². The van der Waals surface area contributed by atoms with Crippen LogP contribution in [0.3, 0.4) is 0 Å². The molecule has 10 rings (SSSR count). The summed E-state index contributed by atoms with van der Waals surface area (Å²) in [5.41, 5.74) is 13.9. The molecule has 0 atom stereocenters. The van der Waals surface area contributed by atoms with Gasteiger partial charge in [0.15, 0.2) is 11.5 Å². The fourth-order valence-electron chi connectivity index (χ4n) is 8.24. The average molecular weight is 656 g/mol. The zero-order valence-corrected chi connectivity index (χ0v) is 29.0. The van der Waals surface area contributed by atoms with Crippen molar-refractivity contribution < 1.29 is 0 Å². The summed E-state index contributed by atoms with van der Waals surface area (Å²) >= 11 is 0. The van der Waals surface area contributed by atoms with E-state index >= 15 is 0 Å². The molecule has 3 heteroatoms. The summed E-state index contributed by atoms with van der Waals surface area (Å²) in [5.74, 6) is 0.851. The number of aromatic nitrogens is 3. The quantitative estimate of drug-likeness (QED) is 0.177. The molecule has 0 saturated heterocycles. The van der Waals surface area contributed by atoms with Gasteiger partial charge in [-0.1, -0.05) is 171 Å². The highest BCUT2D eigenvalue weighted by Crippen LogP contribution is 2.56. The maximum absolute atomic E-state index is 4.72. The number of rotatable bonds is 4. The molecule has 0 N–H and O–H groups in total. The van der Waals surface area contributed by atoms with Crippen LogP contribution in [0.5, 0.6) is 0 Å². The highest BCUT2D eigenvalue weighted by atomic mass is 15.2. The van der Waals surface area contributed by atoms with Crippen LogP contribution in [0.1, 0.15) is 41.7 Å². The minimum absolute atomic E-state index is 0.439. The average Bonchev–Trinajstić information content (AvgIpc) is 3.78. The van der Waals surface area contributed by atoms with E-state index in [9.17, 15) is 0 Å². The van der Waals surface area contributed by atoms with Crippen LogP contribution >= 0.6 is 0 Å². The van der Waals surface area contributed by atoms with Gasteiger partial charge in [0.2, 0.25) is 0 Å². The van der Waals surface area contributed by atoms with Gasteiger partial charge in [-0.3, -0.25) is 4.40 Å². The van der Waals surface area contributed by atoms with Crippen molar-refractivity contribution in [2.24, 2.45) is 0 Å². The lowest BCUT2D eigenvalue weighted by molar-refractivity contribution is 0.769. The van der Waals surface area contributed by atoms with E-state index in [-0.39, 0.29) is 0 Å². The van der Waals surface area contributed by atoms with Crippen LogP contribution in [-0.2, 0) is 5.41 Å². The number of fused-ring (bicyclic) bond motifs is 9. The number of benzene rings is 7. The van der Waals surface area contributed by atoms with Crippen molar-refractivity contribution in [3.05, 3.63) is 198 Å². The van der Waals surface area contributed by atoms with Gasteiger partial charge >= 0.3 is 0 Å². The summed E-state index contributed by atoms with van der Waals surface area (Å²) in [6.07, 6.45) is 0. The molecule has 51 heavy (non-hydrogen) atoms. The molecule has 1 aliphatic carbocycles. The van der Waals surface area contributed by atoms with Crippen molar-refractivity contribution in [2.45, 2.75) is 26.2 Å². The number of nitrogens with zero attached hydrogens (tertiary/aromatic N) is 3. The second-order valence-corrected chi connectivity index (χ2v) is 13.1. The molecule has 2 aromatic heterocycles. The molecule has 0 amide bonds. The molecule has 0 bridgehead atoms. The highest BCUT2D eigenvalue weighted by Gasteiger charge is 2.46. The first-order valence-electron chi connectivity index (χ1n) is 17.8. The predicted molar refractivity (Wildman–Crippen MR) is 212 cm³/mol. The lowest BCUT2D eigenvalue weighted by Crippen LogP contribution is -2.28. The van der Waals surface area contributed by atoms with Crippen LogP contribution in [0, 0.1) is 6.92 Å². The zero-order chi connectivity index (χ0) is 34.5. The predicted octanol–water partition coefficient (Wildman–Crippen LogP) is 12.1. The van der Waals surface area contributed by atoms with Gasteiger partial charge < -0.3 is 0 Å². The van der Waals surface area contributed by atoms with E-state index in [4.69, 9.17) is 10.2 Å². The van der Waals surface area contributed by atoms with E-state index < -0.39 is 5.41 Å². The van der Waals surface area contributed by atoms with Gasteiger partial charge in [0.25, 0.3) is 0 Å². The molecule has 244 valence electrons. The maximum atomic E-state index is 4.72. The van der Waals surface area contributed by atoms with E-state index in [0.29, 0.717) is 0 Å². The zero-order valence-electron chi connectivity index (χ0n) is 29.0. The molecule has 0 aliphatic heterocycles. The van der Waals surface area contributed by atoms with E-state index in [1.54, 1.807) is 0 Å². The molecule has 7 aromatic carbocycles. The van der Waals surface area contributed by atoms with Gasteiger partial charge in [0, 0.05) is 16.3 Å². The van der Waals surface area contributed by atoms with Gasteiger partial charge in [-0.15, -0.1) is 10.2 Å². The first-order valence-corrected chi connectivity index (χ1v) is 17.8. The summed E-state index contributed by atoms with van der Waals surface area (Å²) in [6, 6.07) is 61.9. The summed E-state index contributed by atoms with van der Waals surface area (Å²) < 4.78 is 2.22. The standard InChI is InChI=1S/C46H31N3.C2H6/c1-30-20-22-31(23-21-30)44-47-48-45-39-18-9-8-16-36(39)40-28-32(25-27-43(40)49(44)45)33-24-26-38-37-17-10-11-19-41(37)46(42(38)29-33,34-12-4-2-5-13-34)35-14-6-3-7-15-35;1-2/h2-29H,1H3;1-2H3. The Bertz CT molecular complexity index is 2670. The van der Waals surface area contributed by atoms with Crippen LogP contribution in [0.25, 0.3) is 61.0 Å². The Morgan fingerprint density at radius 3 is 1.75 bits per heavy atom. The lowest BCUT2D eigenvalue weighted by Gasteiger charge is -2.34. The third-order valence-electron chi connectivity index (χ3n) is 10.5. The van der Waals surface area contributed by atoms with Crippen molar-refractivity contribution in [2.75, 3.05) is 0 Å². The molecule has 0 spiro atoms. The third-order valence-corrected chi connectivity index (χ3v) is 10.5. The molecule has 0 saturated carbocycles. The molecule has 9 aromatic rings. The van der Waals surface area contributed by atoms with E-state index in [1.807, 2.05) is 13.8 Å². The maximum Gasteiger partial charge on any atom is 0.169 e. The normalized spacial score (nSPS) is 12.8. The molecular formula is C48H37N3. The Hall–Kier alpha value is -6.32. The Kier molecular flexibility index (Phi) is 7.36. The minimum atomic E-state index is -0.439. The number of aryl methyl sites for hydroxylation is 1. The fraction of sp³-hybridized carbons (Fsp3) is 0.0833.